The highest BCUT2D eigenvalue weighted by molar-refractivity contribution is 7.71. The number of carbonyl (C=O) groups excluding carboxylic acids is 2. The zero-order chi connectivity index (χ0) is 21.5. The van der Waals surface area contributed by atoms with Crippen molar-refractivity contribution in [1.29, 1.82) is 0 Å². The standard InChI is InChI=1S/C23H20N2O3S2/c1-11-6-7-13(8-12(11)2)25-22(29)17-15-9-14(28-5)10-16-18(15)24(21(27)19(16)26)23(3,4)20(17)30-25/h6-10H,1-5H3. The number of hydrogen-bond acceptors (Lipinski definition) is 5. The van der Waals surface area contributed by atoms with Gasteiger partial charge in [0, 0.05) is 11.1 Å². The van der Waals surface area contributed by atoms with Gasteiger partial charge in [-0.25, -0.2) is 0 Å². The number of amides is 1. The van der Waals surface area contributed by atoms with Crippen LogP contribution in [0.5, 0.6) is 5.75 Å². The summed E-state index contributed by atoms with van der Waals surface area (Å²) >= 11 is 7.46. The first-order valence-electron chi connectivity index (χ1n) is 9.62. The van der Waals surface area contributed by atoms with Crippen molar-refractivity contribution in [2.75, 3.05) is 12.0 Å². The maximum atomic E-state index is 13.0. The van der Waals surface area contributed by atoms with Gasteiger partial charge in [0.1, 0.15) is 10.4 Å². The number of Topliss-reactive ketones (excluding diaryl/α,β-unsaturated/α-hetero) is 1. The van der Waals surface area contributed by atoms with Gasteiger partial charge < -0.3 is 4.74 Å². The van der Waals surface area contributed by atoms with Crippen LogP contribution in [0.15, 0.2) is 30.3 Å². The average Bonchev–Trinajstić information content (AvgIpc) is 3.19. The van der Waals surface area contributed by atoms with Crippen LogP contribution in [0.2, 0.25) is 0 Å². The Balaban J connectivity index is 1.87. The Hall–Kier alpha value is -2.77. The van der Waals surface area contributed by atoms with Gasteiger partial charge in [-0.05, 0) is 63.1 Å². The van der Waals surface area contributed by atoms with Gasteiger partial charge in [-0.2, -0.15) is 0 Å². The van der Waals surface area contributed by atoms with E-state index in [-0.39, 0.29) is 0 Å². The summed E-state index contributed by atoms with van der Waals surface area (Å²) in [5.41, 5.74) is 5.40. The lowest BCUT2D eigenvalue weighted by molar-refractivity contribution is -0.115. The highest BCUT2D eigenvalue weighted by Crippen LogP contribution is 2.55. The van der Waals surface area contributed by atoms with Crippen LogP contribution >= 0.6 is 23.8 Å². The van der Waals surface area contributed by atoms with Crippen LogP contribution in [0.1, 0.15) is 40.2 Å². The molecule has 0 saturated carbocycles. The minimum absolute atomic E-state index is 0.381. The minimum Gasteiger partial charge on any atom is -0.497 e. The molecule has 0 spiro atoms. The molecule has 2 aliphatic heterocycles. The Kier molecular flexibility index (Phi) is 3.92. The third-order valence-corrected chi connectivity index (χ3v) is 8.07. The molecule has 3 aromatic rings. The molecule has 0 bridgehead atoms. The van der Waals surface area contributed by atoms with E-state index in [0.29, 0.717) is 21.6 Å². The molecule has 7 heteroatoms. The number of carbonyl (C=O) groups is 2. The molecule has 1 amide bonds. The molecule has 0 unspecified atom stereocenters. The van der Waals surface area contributed by atoms with Crippen molar-refractivity contribution in [1.82, 2.24) is 3.96 Å². The summed E-state index contributed by atoms with van der Waals surface area (Å²) in [5.74, 6) is -0.468. The van der Waals surface area contributed by atoms with Gasteiger partial charge in [0.15, 0.2) is 0 Å². The number of fused-ring (bicyclic) bond motifs is 2. The Morgan fingerprint density at radius 3 is 2.40 bits per heavy atom. The third-order valence-electron chi connectivity index (χ3n) is 6.10. The molecule has 0 aliphatic carbocycles. The number of ketones is 1. The van der Waals surface area contributed by atoms with E-state index in [1.54, 1.807) is 18.1 Å². The maximum absolute atomic E-state index is 13.0. The number of ether oxygens (including phenoxy) is 1. The van der Waals surface area contributed by atoms with Crippen LogP contribution < -0.4 is 9.64 Å². The molecule has 2 aromatic carbocycles. The first-order valence-corrected chi connectivity index (χ1v) is 10.8. The van der Waals surface area contributed by atoms with Crippen LogP contribution in [0.4, 0.5) is 5.69 Å². The van der Waals surface area contributed by atoms with Gasteiger partial charge in [0.2, 0.25) is 0 Å². The number of anilines is 1. The number of aryl methyl sites for hydroxylation is 2. The van der Waals surface area contributed by atoms with Crippen molar-refractivity contribution in [3.8, 4) is 22.6 Å². The normalized spacial score (nSPS) is 16.0. The van der Waals surface area contributed by atoms with Gasteiger partial charge >= 0.3 is 0 Å². The summed E-state index contributed by atoms with van der Waals surface area (Å²) in [4.78, 5) is 28.3. The fourth-order valence-electron chi connectivity index (χ4n) is 4.34. The van der Waals surface area contributed by atoms with E-state index >= 15 is 0 Å². The van der Waals surface area contributed by atoms with Crippen molar-refractivity contribution < 1.29 is 14.3 Å². The van der Waals surface area contributed by atoms with Crippen molar-refractivity contribution in [2.24, 2.45) is 0 Å². The third kappa shape index (κ3) is 2.30. The summed E-state index contributed by atoms with van der Waals surface area (Å²) in [6, 6.07) is 9.79. The summed E-state index contributed by atoms with van der Waals surface area (Å²) in [6.45, 7) is 8.10. The summed E-state index contributed by atoms with van der Waals surface area (Å²) < 4.78 is 8.14. The van der Waals surface area contributed by atoms with E-state index in [9.17, 15) is 9.59 Å². The molecule has 2 aliphatic rings. The number of methoxy groups -OCH3 is 1. The second-order valence-electron chi connectivity index (χ2n) is 8.26. The Morgan fingerprint density at radius 1 is 1.03 bits per heavy atom. The van der Waals surface area contributed by atoms with Crippen LogP contribution in [0, 0.1) is 18.5 Å². The number of hydrogen-bond donors (Lipinski definition) is 0. The molecule has 0 fully saturated rings. The Bertz CT molecular complexity index is 1350. The minimum atomic E-state index is -0.696. The summed E-state index contributed by atoms with van der Waals surface area (Å²) in [5, 5.41) is 0. The maximum Gasteiger partial charge on any atom is 0.300 e. The molecule has 5 nitrogen and oxygen atoms in total. The molecule has 0 radical (unpaired) electrons. The molecule has 0 saturated heterocycles. The van der Waals surface area contributed by atoms with Gasteiger partial charge in [-0.3, -0.25) is 18.4 Å². The monoisotopic (exact) mass is 436 g/mol. The summed E-state index contributed by atoms with van der Waals surface area (Å²) in [7, 11) is 1.55. The SMILES string of the molecule is COc1cc2c3c(c1)-c1c(sn(-c4ccc(C)c(C)c4)c1=S)C(C)(C)N3C(=O)C2=O. The Morgan fingerprint density at radius 2 is 1.73 bits per heavy atom. The molecule has 30 heavy (non-hydrogen) atoms. The predicted molar refractivity (Wildman–Crippen MR) is 121 cm³/mol. The largest absolute Gasteiger partial charge is 0.497 e. The van der Waals surface area contributed by atoms with Crippen molar-refractivity contribution in [3.05, 3.63) is 56.5 Å². The van der Waals surface area contributed by atoms with Crippen molar-refractivity contribution in [2.45, 2.75) is 33.2 Å². The highest BCUT2D eigenvalue weighted by Gasteiger charge is 2.51. The lowest BCUT2D eigenvalue weighted by Crippen LogP contribution is -2.46. The average molecular weight is 437 g/mol. The summed E-state index contributed by atoms with van der Waals surface area (Å²) in [6.07, 6.45) is 0. The van der Waals surface area contributed by atoms with Crippen molar-refractivity contribution in [3.63, 3.8) is 0 Å². The number of aromatic nitrogens is 1. The highest BCUT2D eigenvalue weighted by atomic mass is 32.1. The smallest absolute Gasteiger partial charge is 0.300 e. The number of rotatable bonds is 2. The van der Waals surface area contributed by atoms with Gasteiger partial charge in [0.25, 0.3) is 11.7 Å². The molecule has 5 rings (SSSR count). The van der Waals surface area contributed by atoms with Crippen LogP contribution in [0.25, 0.3) is 16.8 Å². The molecule has 0 N–H and O–H groups in total. The van der Waals surface area contributed by atoms with E-state index in [0.717, 1.165) is 21.7 Å². The fraction of sp³-hybridized carbons (Fsp3) is 0.261. The van der Waals surface area contributed by atoms with E-state index in [1.165, 1.54) is 22.7 Å². The molecule has 3 heterocycles. The van der Waals surface area contributed by atoms with Crippen molar-refractivity contribution >= 4 is 41.1 Å². The van der Waals surface area contributed by atoms with E-state index in [4.69, 9.17) is 17.0 Å². The predicted octanol–water partition coefficient (Wildman–Crippen LogP) is 5.34. The Labute approximate surface area is 183 Å². The van der Waals surface area contributed by atoms with Crippen LogP contribution in [-0.2, 0) is 10.3 Å². The second kappa shape index (κ2) is 6.12. The zero-order valence-electron chi connectivity index (χ0n) is 17.3. The van der Waals surface area contributed by atoms with Crippen LogP contribution in [-0.4, -0.2) is 22.8 Å². The molecular weight excluding hydrogens is 416 g/mol. The number of benzene rings is 2. The van der Waals surface area contributed by atoms with Gasteiger partial charge in [-0.1, -0.05) is 29.8 Å². The van der Waals surface area contributed by atoms with Crippen LogP contribution in [0.3, 0.4) is 0 Å². The first kappa shape index (κ1) is 19.2. The van der Waals surface area contributed by atoms with Gasteiger partial charge in [0.05, 0.1) is 34.5 Å². The van der Waals surface area contributed by atoms with Gasteiger partial charge in [-0.15, -0.1) is 0 Å². The fourth-order valence-corrected chi connectivity index (χ4v) is 6.02. The van der Waals surface area contributed by atoms with E-state index in [2.05, 4.69) is 32.0 Å². The number of nitrogens with zero attached hydrogens (tertiary/aromatic N) is 2. The first-order chi connectivity index (χ1) is 14.2. The van der Waals surface area contributed by atoms with E-state index < -0.39 is 17.2 Å². The quantitative estimate of drug-likeness (QED) is 0.402. The molecule has 152 valence electrons. The topological polar surface area (TPSA) is 51.5 Å². The lowest BCUT2D eigenvalue weighted by Gasteiger charge is -2.39. The molecular formula is C23H20N2O3S2. The molecule has 0 atom stereocenters. The second-order valence-corrected chi connectivity index (χ2v) is 9.61. The zero-order valence-corrected chi connectivity index (χ0v) is 19.0. The lowest BCUT2D eigenvalue weighted by atomic mass is 9.87. The molecule has 1 aromatic heterocycles. The van der Waals surface area contributed by atoms with E-state index in [1.807, 2.05) is 23.9 Å².